The second kappa shape index (κ2) is 12.0. The van der Waals surface area contributed by atoms with Crippen LogP contribution in [0, 0.1) is 5.82 Å². The van der Waals surface area contributed by atoms with E-state index in [1.165, 1.54) is 6.07 Å². The van der Waals surface area contributed by atoms with Gasteiger partial charge >= 0.3 is 0 Å². The molecule has 1 saturated heterocycles. The highest BCUT2D eigenvalue weighted by molar-refractivity contribution is 5.43. The van der Waals surface area contributed by atoms with Crippen molar-refractivity contribution in [2.24, 2.45) is 0 Å². The molecule has 0 aliphatic carbocycles. The first-order valence-electron chi connectivity index (χ1n) is 12.1. The fraction of sp³-hybridized carbons (Fsp3) is 0.444. The Hall–Kier alpha value is -3.10. The number of hydrogen-bond acceptors (Lipinski definition) is 6. The summed E-state index contributed by atoms with van der Waals surface area (Å²) in [5, 5.41) is 15.3. The second-order valence-electron chi connectivity index (χ2n) is 9.03. The van der Waals surface area contributed by atoms with Gasteiger partial charge in [0.2, 0.25) is 0 Å². The van der Waals surface area contributed by atoms with Crippen LogP contribution in [0.1, 0.15) is 31.2 Å². The van der Waals surface area contributed by atoms with Crippen molar-refractivity contribution >= 4 is 0 Å². The van der Waals surface area contributed by atoms with Gasteiger partial charge in [0.25, 0.3) is 0 Å². The highest BCUT2D eigenvalue weighted by Crippen LogP contribution is 2.30. The summed E-state index contributed by atoms with van der Waals surface area (Å²) >= 11 is 0. The van der Waals surface area contributed by atoms with E-state index < -0.39 is 11.4 Å². The van der Waals surface area contributed by atoms with Crippen LogP contribution < -0.4 is 14.2 Å². The predicted molar refractivity (Wildman–Crippen MR) is 131 cm³/mol. The van der Waals surface area contributed by atoms with Crippen molar-refractivity contribution in [2.45, 2.75) is 44.4 Å². The molecular formula is C27H34FN3O4. The Kier molecular flexibility index (Phi) is 8.60. The number of ether oxygens (including phenoxy) is 3. The summed E-state index contributed by atoms with van der Waals surface area (Å²) < 4.78 is 32.9. The molecule has 0 unspecified atom stereocenters. The molecule has 1 N–H and O–H groups in total. The van der Waals surface area contributed by atoms with Crippen LogP contribution in [0.15, 0.2) is 60.9 Å². The summed E-state index contributed by atoms with van der Waals surface area (Å²) in [7, 11) is 1.65. The molecule has 35 heavy (non-hydrogen) atoms. The van der Waals surface area contributed by atoms with Gasteiger partial charge in [-0.2, -0.15) is 5.10 Å². The number of aryl methyl sites for hydroxylation is 1. The van der Waals surface area contributed by atoms with Crippen LogP contribution in [-0.2, 0) is 13.1 Å². The first kappa shape index (κ1) is 25.0. The number of aromatic nitrogens is 2. The molecular weight excluding hydrogens is 449 g/mol. The molecule has 3 aromatic rings. The molecule has 2 heterocycles. The molecule has 4 rings (SSSR count). The molecule has 0 radical (unpaired) electrons. The molecule has 2 aromatic carbocycles. The summed E-state index contributed by atoms with van der Waals surface area (Å²) in [4.78, 5) is 2.32. The van der Waals surface area contributed by atoms with Crippen molar-refractivity contribution < 1.29 is 23.7 Å². The normalized spacial score (nSPS) is 18.7. The largest absolute Gasteiger partial charge is 0.493 e. The van der Waals surface area contributed by atoms with Crippen LogP contribution in [0.5, 0.6) is 17.2 Å². The second-order valence-corrected chi connectivity index (χ2v) is 9.03. The van der Waals surface area contributed by atoms with Gasteiger partial charge in [-0.25, -0.2) is 4.39 Å². The van der Waals surface area contributed by atoms with E-state index in [4.69, 9.17) is 14.2 Å². The number of aliphatic hydroxyl groups is 1. The zero-order valence-electron chi connectivity index (χ0n) is 20.2. The Morgan fingerprint density at radius 3 is 2.71 bits per heavy atom. The summed E-state index contributed by atoms with van der Waals surface area (Å²) in [6.07, 6.45) is 6.58. The van der Waals surface area contributed by atoms with Crippen molar-refractivity contribution in [2.75, 3.05) is 33.4 Å². The fourth-order valence-corrected chi connectivity index (χ4v) is 4.34. The summed E-state index contributed by atoms with van der Waals surface area (Å²) in [6, 6.07) is 14.2. The molecule has 1 aromatic heterocycles. The molecule has 1 aliphatic heterocycles. The lowest BCUT2D eigenvalue weighted by Gasteiger charge is -2.27. The van der Waals surface area contributed by atoms with Gasteiger partial charge < -0.3 is 19.3 Å². The van der Waals surface area contributed by atoms with Crippen molar-refractivity contribution in [1.82, 2.24) is 14.7 Å². The van der Waals surface area contributed by atoms with E-state index in [-0.39, 0.29) is 12.4 Å². The summed E-state index contributed by atoms with van der Waals surface area (Å²) in [5.41, 5.74) is 0.154. The number of methoxy groups -OCH3 is 1. The number of halogens is 1. The molecule has 1 atom stereocenters. The van der Waals surface area contributed by atoms with Crippen molar-refractivity contribution in [3.8, 4) is 17.2 Å². The predicted octanol–water partition coefficient (Wildman–Crippen LogP) is 4.30. The van der Waals surface area contributed by atoms with Crippen LogP contribution in [-0.4, -0.2) is 58.8 Å². The van der Waals surface area contributed by atoms with Crippen LogP contribution in [0.4, 0.5) is 4.39 Å². The topological polar surface area (TPSA) is 69.0 Å². The lowest BCUT2D eigenvalue weighted by atomic mass is 9.96. The maximum atomic E-state index is 13.9. The zero-order valence-corrected chi connectivity index (χ0v) is 20.2. The van der Waals surface area contributed by atoms with E-state index in [1.807, 2.05) is 29.1 Å². The maximum Gasteiger partial charge on any atom is 0.165 e. The number of benzene rings is 2. The maximum absolute atomic E-state index is 13.9. The van der Waals surface area contributed by atoms with E-state index in [9.17, 15) is 9.50 Å². The Bertz CT molecular complexity index is 1060. The zero-order chi connectivity index (χ0) is 24.5. The quantitative estimate of drug-likeness (QED) is 0.410. The number of likely N-dealkylation sites (tertiary alicyclic amines) is 1. The minimum Gasteiger partial charge on any atom is -0.493 e. The fourth-order valence-electron chi connectivity index (χ4n) is 4.34. The number of para-hydroxylation sites is 1. The van der Waals surface area contributed by atoms with Gasteiger partial charge in [-0.05, 0) is 61.7 Å². The third kappa shape index (κ3) is 7.19. The Morgan fingerprint density at radius 1 is 1.03 bits per heavy atom. The third-order valence-electron chi connectivity index (χ3n) is 6.33. The summed E-state index contributed by atoms with van der Waals surface area (Å²) in [6.45, 7) is 3.82. The van der Waals surface area contributed by atoms with Gasteiger partial charge in [0, 0.05) is 38.4 Å². The molecule has 188 valence electrons. The monoisotopic (exact) mass is 483 g/mol. The van der Waals surface area contributed by atoms with E-state index in [1.54, 1.807) is 31.5 Å². The van der Waals surface area contributed by atoms with Gasteiger partial charge in [0.15, 0.2) is 23.1 Å². The standard InChI is InChI=1S/C27H34FN3O4/c1-33-26-19-22(9-10-25(26)34-18-6-16-31-15-5-13-29-31)20-30-14-4-11-27(32,12-17-30)21-35-24-8-3-2-7-23(24)28/h2-3,5,7-10,13,15,19,32H,4,6,11-12,14,16-18,20-21H2,1H3/t27-/m0/s1. The average molecular weight is 484 g/mol. The molecule has 0 amide bonds. The molecule has 0 spiro atoms. The minimum atomic E-state index is -0.970. The molecule has 0 saturated carbocycles. The molecule has 0 bridgehead atoms. The van der Waals surface area contributed by atoms with E-state index in [0.29, 0.717) is 25.2 Å². The molecule has 1 fully saturated rings. The molecule has 7 nitrogen and oxygen atoms in total. The first-order chi connectivity index (χ1) is 17.0. The number of hydrogen-bond donors (Lipinski definition) is 1. The van der Waals surface area contributed by atoms with Crippen LogP contribution in [0.25, 0.3) is 0 Å². The van der Waals surface area contributed by atoms with Crippen molar-refractivity contribution in [1.29, 1.82) is 0 Å². The highest BCUT2D eigenvalue weighted by atomic mass is 19.1. The van der Waals surface area contributed by atoms with Gasteiger partial charge in [-0.1, -0.05) is 18.2 Å². The Balaban J connectivity index is 1.27. The van der Waals surface area contributed by atoms with Crippen molar-refractivity contribution in [3.63, 3.8) is 0 Å². The lowest BCUT2D eigenvalue weighted by Crippen LogP contribution is -2.37. The molecule has 1 aliphatic rings. The van der Waals surface area contributed by atoms with Crippen LogP contribution in [0.2, 0.25) is 0 Å². The smallest absolute Gasteiger partial charge is 0.165 e. The molecule has 8 heteroatoms. The van der Waals surface area contributed by atoms with E-state index in [2.05, 4.69) is 16.1 Å². The van der Waals surface area contributed by atoms with Crippen LogP contribution >= 0.6 is 0 Å². The highest BCUT2D eigenvalue weighted by Gasteiger charge is 2.31. The third-order valence-corrected chi connectivity index (χ3v) is 6.33. The van der Waals surface area contributed by atoms with Gasteiger partial charge in [-0.15, -0.1) is 0 Å². The van der Waals surface area contributed by atoms with E-state index >= 15 is 0 Å². The average Bonchev–Trinajstić information content (AvgIpc) is 3.32. The van der Waals surface area contributed by atoms with Gasteiger partial charge in [0.05, 0.1) is 19.3 Å². The SMILES string of the molecule is COc1cc(CN2CCC[C@@](O)(COc3ccccc3F)CC2)ccc1OCCCn1cccn1. The van der Waals surface area contributed by atoms with Crippen molar-refractivity contribution in [3.05, 3.63) is 72.3 Å². The van der Waals surface area contributed by atoms with Gasteiger partial charge in [0.1, 0.15) is 6.61 Å². The Labute approximate surface area is 206 Å². The number of rotatable bonds is 11. The lowest BCUT2D eigenvalue weighted by molar-refractivity contribution is -0.0177. The Morgan fingerprint density at radius 2 is 1.91 bits per heavy atom. The van der Waals surface area contributed by atoms with Crippen LogP contribution in [0.3, 0.4) is 0 Å². The number of nitrogens with zero attached hydrogens (tertiary/aromatic N) is 3. The van der Waals surface area contributed by atoms with E-state index in [0.717, 1.165) is 50.3 Å². The van der Waals surface area contributed by atoms with Gasteiger partial charge in [-0.3, -0.25) is 9.58 Å². The minimum absolute atomic E-state index is 0.0853. The first-order valence-corrected chi connectivity index (χ1v) is 12.1. The summed E-state index contributed by atoms with van der Waals surface area (Å²) in [5.74, 6) is 1.21.